The number of benzene rings is 2. The maximum Gasteiger partial charge on any atom is 0.264 e. The fraction of sp³-hybridized carbons (Fsp3) is 0. The molecule has 0 aromatic heterocycles. The monoisotopic (exact) mass is 368 g/mol. The number of nitrogens with two attached hydrogens (primary N) is 1. The number of hydrogen-bond acceptors (Lipinski definition) is 4. The number of nitrogens with one attached hydrogen (secondary N) is 1. The maximum absolute atomic E-state index is 13.6. The third kappa shape index (κ3) is 3.63. The summed E-state index contributed by atoms with van der Waals surface area (Å²) in [5, 5.41) is 4.87. The summed E-state index contributed by atoms with van der Waals surface area (Å²) in [7, 11) is -9.13. The van der Waals surface area contributed by atoms with Crippen molar-refractivity contribution in [1.82, 2.24) is 0 Å². The van der Waals surface area contributed by atoms with Crippen LogP contribution in [0.15, 0.2) is 46.2 Å². The molecule has 126 valence electrons. The second kappa shape index (κ2) is 5.83. The van der Waals surface area contributed by atoms with Gasteiger partial charge < -0.3 is 0 Å². The van der Waals surface area contributed by atoms with Crippen LogP contribution in [0.25, 0.3) is 0 Å². The lowest BCUT2D eigenvalue weighted by atomic mass is 10.3. The molecule has 6 nitrogen and oxygen atoms in total. The lowest BCUT2D eigenvalue weighted by Gasteiger charge is -2.12. The van der Waals surface area contributed by atoms with Gasteiger partial charge in [0, 0.05) is 1.43 Å². The average Bonchev–Trinajstić information content (AvgIpc) is 2.42. The zero-order chi connectivity index (χ0) is 17.4. The van der Waals surface area contributed by atoms with Crippen molar-refractivity contribution in [3.8, 4) is 0 Å². The molecule has 11 heteroatoms. The molecule has 0 aliphatic heterocycles. The van der Waals surface area contributed by atoms with Gasteiger partial charge in [-0.05, 0) is 30.3 Å². The van der Waals surface area contributed by atoms with Crippen LogP contribution in [0.3, 0.4) is 0 Å². The molecule has 3 N–H and O–H groups in total. The van der Waals surface area contributed by atoms with Crippen LogP contribution in [0.4, 0.5) is 18.9 Å². The molecular formula is C12H11F3N2O4S2. The van der Waals surface area contributed by atoms with Crippen molar-refractivity contribution in [2.75, 3.05) is 4.72 Å². The summed E-state index contributed by atoms with van der Waals surface area (Å²) in [6.07, 6.45) is 0. The van der Waals surface area contributed by atoms with E-state index in [-0.39, 0.29) is 1.43 Å². The van der Waals surface area contributed by atoms with Gasteiger partial charge in [0.05, 0.1) is 5.69 Å². The van der Waals surface area contributed by atoms with Crippen molar-refractivity contribution in [2.24, 2.45) is 5.14 Å². The van der Waals surface area contributed by atoms with E-state index in [9.17, 15) is 30.0 Å². The summed E-state index contributed by atoms with van der Waals surface area (Å²) in [4.78, 5) is -1.89. The second-order valence-corrected chi connectivity index (χ2v) is 7.52. The van der Waals surface area contributed by atoms with E-state index in [1.54, 1.807) is 4.72 Å². The molecule has 2 aromatic carbocycles. The highest BCUT2D eigenvalue weighted by Gasteiger charge is 2.24. The van der Waals surface area contributed by atoms with E-state index in [1.807, 2.05) is 0 Å². The summed E-state index contributed by atoms with van der Waals surface area (Å²) < 4.78 is 88.6. The Hall–Kier alpha value is -2.11. The molecule has 23 heavy (non-hydrogen) atoms. The number of sulfonamides is 2. The molecule has 2 aromatic rings. The zero-order valence-corrected chi connectivity index (χ0v) is 12.8. The number of anilines is 1. The van der Waals surface area contributed by atoms with Gasteiger partial charge in [-0.3, -0.25) is 4.72 Å². The molecule has 0 unspecified atom stereocenters. The van der Waals surface area contributed by atoms with E-state index in [0.717, 1.165) is 24.3 Å². The number of rotatable bonds is 4. The van der Waals surface area contributed by atoms with Crippen molar-refractivity contribution in [3.63, 3.8) is 0 Å². The number of hydrogen-bond donors (Lipinski definition) is 2. The lowest BCUT2D eigenvalue weighted by Crippen LogP contribution is -2.20. The Bertz CT molecular complexity index is 982. The predicted molar refractivity (Wildman–Crippen MR) is 77.1 cm³/mol. The van der Waals surface area contributed by atoms with Gasteiger partial charge in [-0.2, -0.15) is 0 Å². The maximum atomic E-state index is 13.6. The molecule has 0 atom stereocenters. The Morgan fingerprint density at radius 2 is 1.61 bits per heavy atom. The van der Waals surface area contributed by atoms with Gasteiger partial charge in [-0.15, -0.1) is 0 Å². The van der Waals surface area contributed by atoms with Crippen LogP contribution < -0.4 is 9.86 Å². The van der Waals surface area contributed by atoms with Crippen molar-refractivity contribution < 1.29 is 31.4 Å². The molecular weight excluding hydrogens is 357 g/mol. The Morgan fingerprint density at radius 3 is 2.22 bits per heavy atom. The largest absolute Gasteiger partial charge is 0.278 e. The Balaban J connectivity index is 0.00000288. The van der Waals surface area contributed by atoms with Crippen LogP contribution in [0.1, 0.15) is 1.43 Å². The molecule has 0 bridgehead atoms. The first-order valence-electron chi connectivity index (χ1n) is 5.81. The van der Waals surface area contributed by atoms with E-state index in [4.69, 9.17) is 5.14 Å². The predicted octanol–water partition coefficient (Wildman–Crippen LogP) is 1.80. The minimum atomic E-state index is -4.67. The van der Waals surface area contributed by atoms with Crippen LogP contribution in [0.2, 0.25) is 0 Å². The van der Waals surface area contributed by atoms with Crippen LogP contribution >= 0.6 is 0 Å². The molecule has 0 amide bonds. The number of halogens is 3. The SMILES string of the molecule is NS(=O)(=O)c1cc(F)ccc1NS(=O)(=O)c1cccc(F)c1F.[HH]. The summed E-state index contributed by atoms with van der Waals surface area (Å²) >= 11 is 0. The highest BCUT2D eigenvalue weighted by molar-refractivity contribution is 7.93. The minimum absolute atomic E-state index is 0. The smallest absolute Gasteiger partial charge is 0.264 e. The van der Waals surface area contributed by atoms with Crippen LogP contribution in [0, 0.1) is 17.5 Å². The fourth-order valence-corrected chi connectivity index (χ4v) is 3.64. The number of primary sulfonamides is 1. The second-order valence-electron chi connectivity index (χ2n) is 4.34. The highest BCUT2D eigenvalue weighted by Crippen LogP contribution is 2.25. The molecule has 0 fully saturated rings. The topological polar surface area (TPSA) is 106 Å². The molecule has 2 rings (SSSR count). The van der Waals surface area contributed by atoms with E-state index in [0.29, 0.717) is 12.1 Å². The van der Waals surface area contributed by atoms with Crippen LogP contribution in [-0.2, 0) is 20.0 Å². The van der Waals surface area contributed by atoms with E-state index in [2.05, 4.69) is 0 Å². The van der Waals surface area contributed by atoms with E-state index < -0.39 is 53.0 Å². The fourth-order valence-electron chi connectivity index (χ4n) is 1.71. The van der Waals surface area contributed by atoms with Gasteiger partial charge in [0.25, 0.3) is 10.0 Å². The first-order chi connectivity index (χ1) is 10.5. The third-order valence-electron chi connectivity index (χ3n) is 2.70. The van der Waals surface area contributed by atoms with Crippen molar-refractivity contribution in [2.45, 2.75) is 9.79 Å². The van der Waals surface area contributed by atoms with Crippen molar-refractivity contribution in [1.29, 1.82) is 0 Å². The molecule has 0 aliphatic rings. The van der Waals surface area contributed by atoms with E-state index >= 15 is 0 Å². The molecule has 0 saturated heterocycles. The third-order valence-corrected chi connectivity index (χ3v) is 5.03. The lowest BCUT2D eigenvalue weighted by molar-refractivity contribution is 0.485. The minimum Gasteiger partial charge on any atom is -0.278 e. The quantitative estimate of drug-likeness (QED) is 0.858. The highest BCUT2D eigenvalue weighted by atomic mass is 32.2. The Kier molecular flexibility index (Phi) is 4.37. The molecule has 0 heterocycles. The van der Waals surface area contributed by atoms with Gasteiger partial charge in [-0.25, -0.2) is 35.1 Å². The first-order valence-corrected chi connectivity index (χ1v) is 8.84. The Morgan fingerprint density at radius 1 is 0.957 bits per heavy atom. The van der Waals surface area contributed by atoms with Crippen molar-refractivity contribution >= 4 is 25.7 Å². The van der Waals surface area contributed by atoms with Gasteiger partial charge in [0.2, 0.25) is 10.0 Å². The van der Waals surface area contributed by atoms with Crippen LogP contribution in [0.5, 0.6) is 0 Å². The first kappa shape index (κ1) is 17.2. The molecule has 0 radical (unpaired) electrons. The molecule has 0 spiro atoms. The summed E-state index contributed by atoms with van der Waals surface area (Å²) in [5.41, 5.74) is -0.599. The standard InChI is InChI=1S/C12H9F3N2O4S2.H2/c13-7-4-5-9(11(6-7)22(16,18)19)17-23(20,21)10-3-1-2-8(14)12(10)15;/h1-6,17H,(H2,16,18,19);1H. The normalized spacial score (nSPS) is 12.2. The Labute approximate surface area is 131 Å². The van der Waals surface area contributed by atoms with Gasteiger partial charge >= 0.3 is 0 Å². The average molecular weight is 368 g/mol. The van der Waals surface area contributed by atoms with Gasteiger partial charge in [0.15, 0.2) is 11.6 Å². The molecule has 0 aliphatic carbocycles. The summed E-state index contributed by atoms with van der Waals surface area (Å²) in [6.45, 7) is 0. The zero-order valence-electron chi connectivity index (χ0n) is 11.1. The van der Waals surface area contributed by atoms with E-state index in [1.165, 1.54) is 0 Å². The summed E-state index contributed by atoms with van der Waals surface area (Å²) in [6, 6.07) is 4.51. The molecule has 0 saturated carbocycles. The van der Waals surface area contributed by atoms with Gasteiger partial charge in [-0.1, -0.05) is 6.07 Å². The van der Waals surface area contributed by atoms with Crippen molar-refractivity contribution in [3.05, 3.63) is 53.8 Å². The van der Waals surface area contributed by atoms with Gasteiger partial charge in [0.1, 0.15) is 15.6 Å². The summed E-state index contributed by atoms with van der Waals surface area (Å²) in [5.74, 6) is -4.02. The van der Waals surface area contributed by atoms with Crippen LogP contribution in [-0.4, -0.2) is 16.8 Å².